The number of carbonyl (C=O) groups is 1. The molecule has 132 valence electrons. The summed E-state index contributed by atoms with van der Waals surface area (Å²) in [5.41, 5.74) is 0.728. The Labute approximate surface area is 148 Å². The molecule has 0 saturated heterocycles. The van der Waals surface area contributed by atoms with Crippen molar-refractivity contribution in [1.82, 2.24) is 0 Å². The van der Waals surface area contributed by atoms with E-state index in [1.807, 2.05) is 30.3 Å². The molecule has 5 heteroatoms. The van der Waals surface area contributed by atoms with Gasteiger partial charge in [-0.15, -0.1) is 0 Å². The second-order valence-electron chi connectivity index (χ2n) is 5.69. The standard InChI is InChI=1S/C21H15F3O2/c22-21(23,24)19-9-5-4-8-18(19)16-10-11-20(17(12-16)13-25)26-14-15-6-2-1-3-7-15/h1-13H,14H2. The minimum absolute atomic E-state index is 0.0257. The normalized spacial score (nSPS) is 11.2. The lowest BCUT2D eigenvalue weighted by Gasteiger charge is -2.14. The van der Waals surface area contributed by atoms with Gasteiger partial charge in [0.15, 0.2) is 6.29 Å². The van der Waals surface area contributed by atoms with Crippen LogP contribution in [-0.2, 0) is 12.8 Å². The van der Waals surface area contributed by atoms with Crippen LogP contribution in [0.15, 0.2) is 72.8 Å². The van der Waals surface area contributed by atoms with Crippen LogP contribution in [-0.4, -0.2) is 6.29 Å². The molecule has 3 aromatic carbocycles. The quantitative estimate of drug-likeness (QED) is 0.543. The first kappa shape index (κ1) is 17.7. The molecule has 0 atom stereocenters. The minimum atomic E-state index is -4.47. The highest BCUT2D eigenvalue weighted by Gasteiger charge is 2.33. The van der Waals surface area contributed by atoms with E-state index in [9.17, 15) is 18.0 Å². The van der Waals surface area contributed by atoms with Gasteiger partial charge in [0.2, 0.25) is 0 Å². The average molecular weight is 356 g/mol. The lowest BCUT2D eigenvalue weighted by molar-refractivity contribution is -0.137. The second kappa shape index (κ2) is 7.44. The van der Waals surface area contributed by atoms with Gasteiger partial charge in [0.05, 0.1) is 11.1 Å². The molecule has 0 bridgehead atoms. The summed E-state index contributed by atoms with van der Waals surface area (Å²) in [6, 6.07) is 19.1. The van der Waals surface area contributed by atoms with Crippen LogP contribution in [0.2, 0.25) is 0 Å². The summed E-state index contributed by atoms with van der Waals surface area (Å²) in [5, 5.41) is 0. The van der Waals surface area contributed by atoms with Crippen molar-refractivity contribution in [3.8, 4) is 16.9 Å². The van der Waals surface area contributed by atoms with Crippen molar-refractivity contribution >= 4 is 6.29 Å². The highest BCUT2D eigenvalue weighted by molar-refractivity contribution is 5.83. The molecule has 3 aromatic rings. The lowest BCUT2D eigenvalue weighted by atomic mass is 9.97. The molecule has 3 rings (SSSR count). The van der Waals surface area contributed by atoms with Crippen LogP contribution in [0, 0.1) is 0 Å². The van der Waals surface area contributed by atoms with Crippen molar-refractivity contribution in [1.29, 1.82) is 0 Å². The van der Waals surface area contributed by atoms with Crippen molar-refractivity contribution in [2.24, 2.45) is 0 Å². The fourth-order valence-electron chi connectivity index (χ4n) is 2.66. The van der Waals surface area contributed by atoms with Crippen molar-refractivity contribution in [2.45, 2.75) is 12.8 Å². The summed E-state index contributed by atoms with van der Waals surface area (Å²) in [6.45, 7) is 0.264. The zero-order chi connectivity index (χ0) is 18.6. The molecule has 0 aliphatic heterocycles. The van der Waals surface area contributed by atoms with E-state index in [1.165, 1.54) is 36.4 Å². The molecule has 0 aliphatic carbocycles. The van der Waals surface area contributed by atoms with Gasteiger partial charge >= 0.3 is 6.18 Å². The maximum atomic E-state index is 13.2. The summed E-state index contributed by atoms with van der Waals surface area (Å²) < 4.78 is 45.3. The van der Waals surface area contributed by atoms with Gasteiger partial charge in [-0.25, -0.2) is 0 Å². The van der Waals surface area contributed by atoms with Crippen molar-refractivity contribution < 1.29 is 22.7 Å². The Balaban J connectivity index is 1.91. The molecule has 0 aromatic heterocycles. The summed E-state index contributed by atoms with van der Waals surface area (Å²) in [4.78, 5) is 11.4. The van der Waals surface area contributed by atoms with Gasteiger partial charge in [-0.05, 0) is 34.9 Å². The van der Waals surface area contributed by atoms with Gasteiger partial charge in [-0.2, -0.15) is 13.2 Å². The Morgan fingerprint density at radius 2 is 1.58 bits per heavy atom. The highest BCUT2D eigenvalue weighted by atomic mass is 19.4. The van der Waals surface area contributed by atoms with E-state index in [0.717, 1.165) is 11.6 Å². The molecule has 0 fully saturated rings. The fraction of sp³-hybridized carbons (Fsp3) is 0.0952. The van der Waals surface area contributed by atoms with Gasteiger partial charge in [0.1, 0.15) is 12.4 Å². The first-order valence-corrected chi connectivity index (χ1v) is 7.91. The number of carbonyl (C=O) groups excluding carboxylic acids is 1. The van der Waals surface area contributed by atoms with Crippen molar-refractivity contribution in [3.63, 3.8) is 0 Å². The number of benzene rings is 3. The Kier molecular flexibility index (Phi) is 5.07. The third kappa shape index (κ3) is 3.94. The first-order chi connectivity index (χ1) is 12.5. The Morgan fingerprint density at radius 3 is 2.27 bits per heavy atom. The van der Waals surface area contributed by atoms with E-state index in [2.05, 4.69) is 0 Å². The van der Waals surface area contributed by atoms with E-state index in [4.69, 9.17) is 4.74 Å². The maximum absolute atomic E-state index is 13.2. The lowest BCUT2D eigenvalue weighted by Crippen LogP contribution is -2.07. The molecule has 0 radical (unpaired) electrons. The van der Waals surface area contributed by atoms with Gasteiger partial charge in [0, 0.05) is 0 Å². The number of hydrogen-bond donors (Lipinski definition) is 0. The molecular weight excluding hydrogens is 341 g/mol. The number of alkyl halides is 3. The second-order valence-corrected chi connectivity index (χ2v) is 5.69. The molecule has 0 amide bonds. The number of halogens is 3. The Morgan fingerprint density at radius 1 is 0.885 bits per heavy atom. The third-order valence-electron chi connectivity index (χ3n) is 3.92. The summed E-state index contributed by atoms with van der Waals surface area (Å²) in [5.74, 6) is 0.331. The summed E-state index contributed by atoms with van der Waals surface area (Å²) in [6.07, 6.45) is -3.89. The first-order valence-electron chi connectivity index (χ1n) is 7.91. The highest BCUT2D eigenvalue weighted by Crippen LogP contribution is 2.37. The van der Waals surface area contributed by atoms with Crippen LogP contribution in [0.3, 0.4) is 0 Å². The van der Waals surface area contributed by atoms with Gasteiger partial charge in [-0.1, -0.05) is 54.6 Å². The molecular formula is C21H15F3O2. The van der Waals surface area contributed by atoms with Crippen LogP contribution in [0.5, 0.6) is 5.75 Å². The zero-order valence-electron chi connectivity index (χ0n) is 13.7. The predicted octanol–water partition coefficient (Wildman–Crippen LogP) is 5.76. The number of rotatable bonds is 5. The molecule has 0 spiro atoms. The topological polar surface area (TPSA) is 26.3 Å². The van der Waals surface area contributed by atoms with Crippen LogP contribution in [0.25, 0.3) is 11.1 Å². The predicted molar refractivity (Wildman–Crippen MR) is 93.0 cm³/mol. The minimum Gasteiger partial charge on any atom is -0.488 e. The van der Waals surface area contributed by atoms with Crippen LogP contribution in [0.4, 0.5) is 13.2 Å². The SMILES string of the molecule is O=Cc1cc(-c2ccccc2C(F)(F)F)ccc1OCc1ccccc1. The number of hydrogen-bond acceptors (Lipinski definition) is 2. The van der Waals surface area contributed by atoms with E-state index < -0.39 is 11.7 Å². The van der Waals surface area contributed by atoms with Gasteiger partial charge in [-0.3, -0.25) is 4.79 Å². The van der Waals surface area contributed by atoms with Crippen LogP contribution < -0.4 is 4.74 Å². The summed E-state index contributed by atoms with van der Waals surface area (Å²) in [7, 11) is 0. The largest absolute Gasteiger partial charge is 0.488 e. The van der Waals surface area contributed by atoms with Crippen molar-refractivity contribution in [3.05, 3.63) is 89.5 Å². The van der Waals surface area contributed by atoms with Crippen molar-refractivity contribution in [2.75, 3.05) is 0 Å². The molecule has 0 saturated carbocycles. The molecule has 26 heavy (non-hydrogen) atoms. The number of aldehydes is 1. The summed E-state index contributed by atoms with van der Waals surface area (Å²) >= 11 is 0. The Bertz CT molecular complexity index is 903. The maximum Gasteiger partial charge on any atom is 0.417 e. The number of ether oxygens (including phenoxy) is 1. The Hall–Kier alpha value is -3.08. The molecule has 2 nitrogen and oxygen atoms in total. The zero-order valence-corrected chi connectivity index (χ0v) is 13.7. The average Bonchev–Trinajstić information content (AvgIpc) is 2.66. The van der Waals surface area contributed by atoms with Crippen LogP contribution in [0.1, 0.15) is 21.5 Å². The molecule has 0 N–H and O–H groups in total. The van der Waals surface area contributed by atoms with Gasteiger partial charge in [0.25, 0.3) is 0 Å². The van der Waals surface area contributed by atoms with E-state index in [1.54, 1.807) is 0 Å². The van der Waals surface area contributed by atoms with E-state index >= 15 is 0 Å². The smallest absolute Gasteiger partial charge is 0.417 e. The van der Waals surface area contributed by atoms with E-state index in [-0.39, 0.29) is 17.7 Å². The molecule has 0 heterocycles. The fourth-order valence-corrected chi connectivity index (χ4v) is 2.66. The van der Waals surface area contributed by atoms with Gasteiger partial charge < -0.3 is 4.74 Å². The van der Waals surface area contributed by atoms with Crippen LogP contribution >= 0.6 is 0 Å². The third-order valence-corrected chi connectivity index (χ3v) is 3.92. The molecule has 0 aliphatic rings. The van der Waals surface area contributed by atoms with E-state index in [0.29, 0.717) is 17.6 Å². The monoisotopic (exact) mass is 356 g/mol. The molecule has 0 unspecified atom stereocenters.